The summed E-state index contributed by atoms with van der Waals surface area (Å²) in [7, 11) is 2.18. The molecule has 0 radical (unpaired) electrons. The number of hydrogen-bond acceptors (Lipinski definition) is 6. The summed E-state index contributed by atoms with van der Waals surface area (Å²) in [5.74, 6) is 0. The Balaban J connectivity index is 1.26. The van der Waals surface area contributed by atoms with Gasteiger partial charge in [-0.1, -0.05) is 18.2 Å². The number of rotatable bonds is 8. The van der Waals surface area contributed by atoms with Crippen LogP contribution in [0.1, 0.15) is 18.4 Å². The molecule has 4 N–H and O–H groups in total. The van der Waals surface area contributed by atoms with E-state index in [-0.39, 0.29) is 6.03 Å². The third-order valence-corrected chi connectivity index (χ3v) is 6.48. The van der Waals surface area contributed by atoms with E-state index in [0.29, 0.717) is 12.6 Å². The Morgan fingerprint density at radius 2 is 1.79 bits per heavy atom. The number of anilines is 3. The molecule has 1 aliphatic rings. The molecular weight excluding hydrogens is 432 g/mol. The van der Waals surface area contributed by atoms with E-state index in [1.165, 1.54) is 0 Å². The molecule has 1 saturated heterocycles. The summed E-state index contributed by atoms with van der Waals surface area (Å²) >= 11 is 1.59. The number of aromatic nitrogens is 1. The monoisotopic (exact) mass is 462 g/mol. The maximum Gasteiger partial charge on any atom is 0.319 e. The van der Waals surface area contributed by atoms with Crippen molar-refractivity contribution in [3.63, 3.8) is 0 Å². The molecule has 0 aliphatic carbocycles. The molecule has 0 bridgehead atoms. The molecule has 3 aromatic rings. The van der Waals surface area contributed by atoms with Gasteiger partial charge >= 0.3 is 6.03 Å². The summed E-state index contributed by atoms with van der Waals surface area (Å²) in [4.78, 5) is 19.7. The van der Waals surface area contributed by atoms with Crippen molar-refractivity contribution in [1.29, 1.82) is 0 Å². The van der Waals surface area contributed by atoms with Crippen LogP contribution in [0.2, 0.25) is 0 Å². The Kier molecular flexibility index (Phi) is 8.05. The molecule has 1 aliphatic heterocycles. The highest BCUT2D eigenvalue weighted by atomic mass is 32.2. The van der Waals surface area contributed by atoms with Crippen molar-refractivity contribution in [3.8, 4) is 0 Å². The molecule has 33 heavy (non-hydrogen) atoms. The van der Waals surface area contributed by atoms with Gasteiger partial charge in [0.2, 0.25) is 0 Å². The molecule has 0 spiro atoms. The lowest BCUT2D eigenvalue weighted by Gasteiger charge is -2.30. The van der Waals surface area contributed by atoms with Crippen molar-refractivity contribution < 1.29 is 4.79 Å². The standard InChI is InChI=1S/C25H30N6OS/c1-31-15-12-21(13-16-31)28-23-6-2-3-7-24(23)33-30-22-10-8-20(9-11-22)29-25(32)27-18-19-5-4-14-26-17-19/h2-11,14,17,21,28,30H,12-13,15-16,18H2,1H3,(H2,27,29,32). The van der Waals surface area contributed by atoms with Crippen molar-refractivity contribution in [1.82, 2.24) is 15.2 Å². The van der Waals surface area contributed by atoms with Gasteiger partial charge in [-0.2, -0.15) is 0 Å². The van der Waals surface area contributed by atoms with Crippen LogP contribution in [-0.4, -0.2) is 42.1 Å². The van der Waals surface area contributed by atoms with Crippen LogP contribution in [-0.2, 0) is 6.54 Å². The van der Waals surface area contributed by atoms with Gasteiger partial charge in [-0.05, 0) is 93.0 Å². The minimum atomic E-state index is -0.247. The average Bonchev–Trinajstić information content (AvgIpc) is 2.85. The first-order valence-corrected chi connectivity index (χ1v) is 12.0. The second-order valence-electron chi connectivity index (χ2n) is 8.17. The number of carbonyl (C=O) groups is 1. The Morgan fingerprint density at radius 3 is 2.55 bits per heavy atom. The van der Waals surface area contributed by atoms with Crippen LogP contribution in [0.4, 0.5) is 21.9 Å². The highest BCUT2D eigenvalue weighted by Gasteiger charge is 2.17. The minimum Gasteiger partial charge on any atom is -0.381 e. The zero-order valence-electron chi connectivity index (χ0n) is 18.8. The fourth-order valence-corrected chi connectivity index (χ4v) is 4.39. The molecule has 1 fully saturated rings. The number of pyridine rings is 1. The fourth-order valence-electron chi connectivity index (χ4n) is 3.64. The van der Waals surface area contributed by atoms with E-state index in [2.05, 4.69) is 61.9 Å². The molecule has 172 valence electrons. The molecule has 2 heterocycles. The Bertz CT molecular complexity index is 1020. The van der Waals surface area contributed by atoms with Gasteiger partial charge < -0.3 is 25.6 Å². The number of nitrogens with zero attached hydrogens (tertiary/aromatic N) is 2. The van der Waals surface area contributed by atoms with Gasteiger partial charge in [-0.25, -0.2) is 4.79 Å². The van der Waals surface area contributed by atoms with Crippen LogP contribution in [0.25, 0.3) is 0 Å². The number of likely N-dealkylation sites (tertiary alicyclic amines) is 1. The van der Waals surface area contributed by atoms with Crippen LogP contribution in [0.3, 0.4) is 0 Å². The van der Waals surface area contributed by atoms with E-state index >= 15 is 0 Å². The van der Waals surface area contributed by atoms with E-state index < -0.39 is 0 Å². The van der Waals surface area contributed by atoms with E-state index in [4.69, 9.17) is 0 Å². The molecule has 0 saturated carbocycles. The van der Waals surface area contributed by atoms with Gasteiger partial charge in [0.05, 0.1) is 4.90 Å². The first-order valence-electron chi connectivity index (χ1n) is 11.2. The van der Waals surface area contributed by atoms with Crippen LogP contribution in [0.5, 0.6) is 0 Å². The maximum absolute atomic E-state index is 12.1. The third-order valence-electron chi connectivity index (χ3n) is 5.56. The lowest BCUT2D eigenvalue weighted by Crippen LogP contribution is -2.36. The lowest BCUT2D eigenvalue weighted by atomic mass is 10.1. The van der Waals surface area contributed by atoms with Crippen LogP contribution >= 0.6 is 11.9 Å². The number of nitrogens with one attached hydrogen (secondary N) is 4. The van der Waals surface area contributed by atoms with Gasteiger partial charge in [0.15, 0.2) is 0 Å². The van der Waals surface area contributed by atoms with E-state index in [1.807, 2.05) is 36.4 Å². The predicted molar refractivity (Wildman–Crippen MR) is 137 cm³/mol. The van der Waals surface area contributed by atoms with Crippen LogP contribution in [0.15, 0.2) is 78.0 Å². The summed E-state index contributed by atoms with van der Waals surface area (Å²) in [6, 6.07) is 20.1. The summed E-state index contributed by atoms with van der Waals surface area (Å²) in [6.45, 7) is 2.70. The van der Waals surface area contributed by atoms with Crippen molar-refractivity contribution in [2.24, 2.45) is 0 Å². The molecule has 4 rings (SSSR count). The first kappa shape index (κ1) is 22.9. The normalized spacial score (nSPS) is 14.5. The van der Waals surface area contributed by atoms with Gasteiger partial charge in [-0.15, -0.1) is 0 Å². The summed E-state index contributed by atoms with van der Waals surface area (Å²) in [5, 5.41) is 9.40. The fraction of sp³-hybridized carbons (Fsp3) is 0.280. The van der Waals surface area contributed by atoms with Crippen molar-refractivity contribution >= 4 is 35.0 Å². The number of carbonyl (C=O) groups excluding carboxylic acids is 1. The van der Waals surface area contributed by atoms with E-state index in [9.17, 15) is 4.79 Å². The molecule has 2 amide bonds. The van der Waals surface area contributed by atoms with Gasteiger partial charge in [-0.3, -0.25) is 4.98 Å². The number of piperidine rings is 1. The summed E-state index contributed by atoms with van der Waals surface area (Å²) in [5.41, 5.74) is 3.82. The second kappa shape index (κ2) is 11.6. The van der Waals surface area contributed by atoms with Crippen LogP contribution in [0, 0.1) is 0 Å². The van der Waals surface area contributed by atoms with E-state index in [1.54, 1.807) is 24.3 Å². The smallest absolute Gasteiger partial charge is 0.319 e. The zero-order chi connectivity index (χ0) is 22.9. The molecule has 0 atom stereocenters. The minimum absolute atomic E-state index is 0.247. The Labute approximate surface area is 199 Å². The zero-order valence-corrected chi connectivity index (χ0v) is 19.6. The largest absolute Gasteiger partial charge is 0.381 e. The number of para-hydroxylation sites is 1. The molecule has 1 aromatic heterocycles. The number of benzene rings is 2. The van der Waals surface area contributed by atoms with Gasteiger partial charge in [0, 0.05) is 42.0 Å². The SMILES string of the molecule is CN1CCC(Nc2ccccc2SNc2ccc(NC(=O)NCc3cccnc3)cc2)CC1. The molecule has 2 aromatic carbocycles. The van der Waals surface area contributed by atoms with Crippen molar-refractivity contribution in [2.75, 3.05) is 35.5 Å². The first-order chi connectivity index (χ1) is 16.2. The molecule has 7 nitrogen and oxygen atoms in total. The highest BCUT2D eigenvalue weighted by Crippen LogP contribution is 2.30. The molecule has 0 unspecified atom stereocenters. The van der Waals surface area contributed by atoms with Crippen molar-refractivity contribution in [2.45, 2.75) is 30.3 Å². The lowest BCUT2D eigenvalue weighted by molar-refractivity contribution is 0.251. The second-order valence-corrected chi connectivity index (χ2v) is 9.02. The predicted octanol–water partition coefficient (Wildman–Crippen LogP) is 5.03. The van der Waals surface area contributed by atoms with Gasteiger partial charge in [0.1, 0.15) is 0 Å². The molecule has 8 heteroatoms. The average molecular weight is 463 g/mol. The maximum atomic E-state index is 12.1. The highest BCUT2D eigenvalue weighted by molar-refractivity contribution is 8.00. The number of hydrogen-bond donors (Lipinski definition) is 4. The van der Waals surface area contributed by atoms with Crippen molar-refractivity contribution in [3.05, 3.63) is 78.6 Å². The van der Waals surface area contributed by atoms with E-state index in [0.717, 1.165) is 53.5 Å². The summed E-state index contributed by atoms with van der Waals surface area (Å²) in [6.07, 6.45) is 5.77. The molecular formula is C25H30N6OS. The number of urea groups is 1. The van der Waals surface area contributed by atoms with Crippen LogP contribution < -0.4 is 20.7 Å². The topological polar surface area (TPSA) is 81.3 Å². The Hall–Kier alpha value is -3.23. The van der Waals surface area contributed by atoms with Gasteiger partial charge in [0.25, 0.3) is 0 Å². The number of amides is 2. The third kappa shape index (κ3) is 7.13. The quantitative estimate of drug-likeness (QED) is 0.352. The Morgan fingerprint density at radius 1 is 1.03 bits per heavy atom. The summed E-state index contributed by atoms with van der Waals surface area (Å²) < 4.78 is 3.41.